The van der Waals surface area contributed by atoms with Crippen molar-refractivity contribution in [1.82, 2.24) is 10.3 Å². The number of carbonyl (C=O) groups excluding carboxylic acids is 2. The molecule has 31 heavy (non-hydrogen) atoms. The summed E-state index contributed by atoms with van der Waals surface area (Å²) in [5, 5.41) is 3.74. The summed E-state index contributed by atoms with van der Waals surface area (Å²) in [5.74, 6) is 3.76. The van der Waals surface area contributed by atoms with Crippen molar-refractivity contribution in [1.29, 1.82) is 0 Å². The molecule has 1 aromatic heterocycles. The summed E-state index contributed by atoms with van der Waals surface area (Å²) in [5.41, 5.74) is 9.56. The zero-order valence-corrected chi connectivity index (χ0v) is 17.7. The van der Waals surface area contributed by atoms with E-state index < -0.39 is 11.7 Å². The summed E-state index contributed by atoms with van der Waals surface area (Å²) in [6, 6.07) is 1.16. The van der Waals surface area contributed by atoms with Crippen molar-refractivity contribution in [2.24, 2.45) is 11.1 Å². The number of anilines is 1. The van der Waals surface area contributed by atoms with Crippen molar-refractivity contribution in [2.45, 2.75) is 57.9 Å². The molecular formula is C24H27FN4O2. The van der Waals surface area contributed by atoms with E-state index in [1.807, 2.05) is 4.90 Å². The van der Waals surface area contributed by atoms with Crippen molar-refractivity contribution >= 4 is 28.4 Å². The van der Waals surface area contributed by atoms with E-state index in [0.717, 1.165) is 48.7 Å². The zero-order valence-electron chi connectivity index (χ0n) is 17.7. The first-order valence-electron chi connectivity index (χ1n) is 11.0. The minimum Gasteiger partial charge on any atom is -0.367 e. The van der Waals surface area contributed by atoms with E-state index in [4.69, 9.17) is 5.73 Å². The number of amides is 2. The third-order valence-corrected chi connectivity index (χ3v) is 7.19. The van der Waals surface area contributed by atoms with Gasteiger partial charge in [0.2, 0.25) is 0 Å². The molecule has 0 radical (unpaired) electrons. The molecule has 6 nitrogen and oxygen atoms in total. The van der Waals surface area contributed by atoms with Gasteiger partial charge in [-0.15, -0.1) is 0 Å². The monoisotopic (exact) mass is 422 g/mol. The van der Waals surface area contributed by atoms with Gasteiger partial charge in [0.05, 0.1) is 16.8 Å². The highest BCUT2D eigenvalue weighted by atomic mass is 19.1. The van der Waals surface area contributed by atoms with Gasteiger partial charge < -0.3 is 20.9 Å². The highest BCUT2D eigenvalue weighted by molar-refractivity contribution is 6.10. The number of nitrogens with one attached hydrogen (secondary N) is 2. The standard InChI is InChI=1S/C24H27FN4O2/c1-2-4-19(30)27-14-5-3-10-29(13-14)22-17(25)11-15(23(26)31)21-20(22)16-12-24(8-9-24)7-6-18(16)28-21/h11,14,28H,3,5-10,12-13H2,1H3,(H2,26,31)(H,27,30)/t14-/m0/s1. The molecule has 1 aromatic carbocycles. The van der Waals surface area contributed by atoms with Crippen LogP contribution in [0.2, 0.25) is 0 Å². The molecule has 1 atom stereocenters. The maximum Gasteiger partial charge on any atom is 0.296 e. The van der Waals surface area contributed by atoms with E-state index in [1.165, 1.54) is 18.9 Å². The highest BCUT2D eigenvalue weighted by Crippen LogP contribution is 2.56. The van der Waals surface area contributed by atoms with E-state index >= 15 is 4.39 Å². The van der Waals surface area contributed by atoms with Crippen LogP contribution in [0.25, 0.3) is 10.9 Å². The van der Waals surface area contributed by atoms with Crippen LogP contribution in [-0.4, -0.2) is 35.9 Å². The van der Waals surface area contributed by atoms with Gasteiger partial charge in [0.1, 0.15) is 5.82 Å². The lowest BCUT2D eigenvalue weighted by atomic mass is 9.83. The molecule has 2 aliphatic carbocycles. The lowest BCUT2D eigenvalue weighted by Gasteiger charge is -2.35. The number of aromatic amines is 1. The van der Waals surface area contributed by atoms with Crippen LogP contribution >= 0.6 is 0 Å². The number of benzene rings is 1. The number of carbonyl (C=O) groups is 2. The molecule has 2 aromatic rings. The summed E-state index contributed by atoms with van der Waals surface area (Å²) >= 11 is 0. The van der Waals surface area contributed by atoms with E-state index in [1.54, 1.807) is 6.92 Å². The van der Waals surface area contributed by atoms with Gasteiger partial charge in [-0.1, -0.05) is 5.92 Å². The van der Waals surface area contributed by atoms with Crippen LogP contribution in [0.4, 0.5) is 10.1 Å². The molecule has 1 aliphatic heterocycles. The first kappa shape index (κ1) is 19.9. The molecule has 2 fully saturated rings. The van der Waals surface area contributed by atoms with Crippen molar-refractivity contribution in [3.05, 3.63) is 28.7 Å². The van der Waals surface area contributed by atoms with E-state index in [-0.39, 0.29) is 17.5 Å². The van der Waals surface area contributed by atoms with Crippen LogP contribution in [0.3, 0.4) is 0 Å². The van der Waals surface area contributed by atoms with Gasteiger partial charge in [0.25, 0.3) is 11.8 Å². The second-order valence-electron chi connectivity index (χ2n) is 9.26. The quantitative estimate of drug-likeness (QED) is 0.665. The van der Waals surface area contributed by atoms with Gasteiger partial charge in [-0.3, -0.25) is 9.59 Å². The SMILES string of the molecule is CC#CC(=O)N[C@H]1CCCN(c2c(F)cc(C(N)=O)c3[nH]c4c(c23)CC2(CC4)CC2)C1. The van der Waals surface area contributed by atoms with Crippen LogP contribution in [-0.2, 0) is 17.6 Å². The Bertz CT molecular complexity index is 1150. The molecule has 2 heterocycles. The summed E-state index contributed by atoms with van der Waals surface area (Å²) < 4.78 is 15.5. The van der Waals surface area contributed by atoms with E-state index in [2.05, 4.69) is 22.1 Å². The Balaban J connectivity index is 1.59. The summed E-state index contributed by atoms with van der Waals surface area (Å²) in [6.07, 6.45) is 7.04. The number of rotatable bonds is 3. The van der Waals surface area contributed by atoms with Crippen LogP contribution in [0.5, 0.6) is 0 Å². The summed E-state index contributed by atoms with van der Waals surface area (Å²) in [6.45, 7) is 2.82. The molecular weight excluding hydrogens is 395 g/mol. The largest absolute Gasteiger partial charge is 0.367 e. The smallest absolute Gasteiger partial charge is 0.296 e. The molecule has 162 valence electrons. The fourth-order valence-corrected chi connectivity index (χ4v) is 5.44. The zero-order chi connectivity index (χ0) is 21.8. The minimum absolute atomic E-state index is 0.100. The van der Waals surface area contributed by atoms with Gasteiger partial charge in [0, 0.05) is 30.2 Å². The maximum atomic E-state index is 15.5. The van der Waals surface area contributed by atoms with Crippen molar-refractivity contribution in [3.63, 3.8) is 0 Å². The van der Waals surface area contributed by atoms with Crippen LogP contribution < -0.4 is 16.0 Å². The predicted octanol–water partition coefficient (Wildman–Crippen LogP) is 2.78. The van der Waals surface area contributed by atoms with Crippen LogP contribution in [0.15, 0.2) is 6.07 Å². The predicted molar refractivity (Wildman–Crippen MR) is 117 cm³/mol. The minimum atomic E-state index is -0.628. The lowest BCUT2D eigenvalue weighted by Crippen LogP contribution is -2.48. The number of halogens is 1. The first-order chi connectivity index (χ1) is 14.9. The van der Waals surface area contributed by atoms with Crippen molar-refractivity contribution < 1.29 is 14.0 Å². The number of aromatic nitrogens is 1. The van der Waals surface area contributed by atoms with Gasteiger partial charge >= 0.3 is 0 Å². The van der Waals surface area contributed by atoms with Crippen molar-refractivity contribution in [2.75, 3.05) is 18.0 Å². The molecule has 2 amide bonds. The Hall–Kier alpha value is -3.01. The molecule has 3 aliphatic rings. The molecule has 1 saturated heterocycles. The number of aryl methyl sites for hydroxylation is 1. The number of fused-ring (bicyclic) bond motifs is 3. The van der Waals surface area contributed by atoms with E-state index in [9.17, 15) is 9.59 Å². The Kier molecular flexibility index (Phi) is 4.69. The lowest BCUT2D eigenvalue weighted by molar-refractivity contribution is -0.116. The van der Waals surface area contributed by atoms with E-state index in [0.29, 0.717) is 29.7 Å². The summed E-state index contributed by atoms with van der Waals surface area (Å²) in [4.78, 5) is 29.5. The average Bonchev–Trinajstić information content (AvgIpc) is 3.38. The Morgan fingerprint density at radius 3 is 2.87 bits per heavy atom. The number of nitrogens with zero attached hydrogens (tertiary/aromatic N) is 1. The average molecular weight is 423 g/mol. The number of piperidine rings is 1. The van der Waals surface area contributed by atoms with Crippen LogP contribution in [0, 0.1) is 23.1 Å². The highest BCUT2D eigenvalue weighted by Gasteiger charge is 2.46. The fraction of sp³-hybridized carbons (Fsp3) is 0.500. The van der Waals surface area contributed by atoms with Crippen LogP contribution in [0.1, 0.15) is 60.6 Å². The van der Waals surface area contributed by atoms with Gasteiger partial charge in [-0.25, -0.2) is 4.39 Å². The maximum absolute atomic E-state index is 15.5. The number of nitrogens with two attached hydrogens (primary N) is 1. The number of hydrogen-bond donors (Lipinski definition) is 3. The molecule has 0 unspecified atom stereocenters. The third-order valence-electron chi connectivity index (χ3n) is 7.19. The summed E-state index contributed by atoms with van der Waals surface area (Å²) in [7, 11) is 0. The number of H-pyrrole nitrogens is 1. The molecule has 0 bridgehead atoms. The van der Waals surface area contributed by atoms with Crippen molar-refractivity contribution in [3.8, 4) is 11.8 Å². The topological polar surface area (TPSA) is 91.2 Å². The molecule has 5 rings (SSSR count). The third kappa shape index (κ3) is 3.44. The first-order valence-corrected chi connectivity index (χ1v) is 11.0. The molecule has 4 N–H and O–H groups in total. The van der Waals surface area contributed by atoms with Gasteiger partial charge in [-0.05, 0) is 74.8 Å². The Morgan fingerprint density at radius 2 is 2.16 bits per heavy atom. The normalized spacial score (nSPS) is 21.4. The fourth-order valence-electron chi connectivity index (χ4n) is 5.44. The van der Waals surface area contributed by atoms with Gasteiger partial charge in [0.15, 0.2) is 0 Å². The number of primary amides is 1. The molecule has 7 heteroatoms. The molecule has 1 spiro atoms. The second kappa shape index (κ2) is 7.30. The molecule has 1 saturated carbocycles. The van der Waals surface area contributed by atoms with Gasteiger partial charge in [-0.2, -0.15) is 0 Å². The Morgan fingerprint density at radius 1 is 1.35 bits per heavy atom. The number of hydrogen-bond acceptors (Lipinski definition) is 3. The second-order valence-corrected chi connectivity index (χ2v) is 9.26. The Labute approximate surface area is 180 Å².